The lowest BCUT2D eigenvalue weighted by Crippen LogP contribution is -2.00. The number of aromatic nitrogens is 1. The van der Waals surface area contributed by atoms with Gasteiger partial charge in [0.05, 0.1) is 11.1 Å². The van der Waals surface area contributed by atoms with Gasteiger partial charge in [0.1, 0.15) is 0 Å². The van der Waals surface area contributed by atoms with Gasteiger partial charge in [-0.3, -0.25) is 4.98 Å². The zero-order chi connectivity index (χ0) is 8.55. The monoisotopic (exact) mass is 183 g/mol. The maximum absolute atomic E-state index is 9.73. The van der Waals surface area contributed by atoms with Crippen molar-refractivity contribution in [2.45, 2.75) is 18.9 Å². The van der Waals surface area contributed by atoms with Gasteiger partial charge in [-0.05, 0) is 24.8 Å². The molecule has 1 aromatic rings. The largest absolute Gasteiger partial charge is 0.388 e. The maximum atomic E-state index is 9.73. The zero-order valence-corrected chi connectivity index (χ0v) is 7.33. The Kier molecular flexibility index (Phi) is 2.03. The van der Waals surface area contributed by atoms with E-state index in [1.54, 1.807) is 18.5 Å². The highest BCUT2D eigenvalue weighted by Crippen LogP contribution is 2.42. The van der Waals surface area contributed by atoms with Gasteiger partial charge in [-0.25, -0.2) is 0 Å². The SMILES string of the molecule is OC(c1ccncc1Cl)C1CC1. The third-order valence-corrected chi connectivity index (χ3v) is 2.51. The Hall–Kier alpha value is -0.600. The highest BCUT2D eigenvalue weighted by molar-refractivity contribution is 6.31. The molecular weight excluding hydrogens is 174 g/mol. The summed E-state index contributed by atoms with van der Waals surface area (Å²) in [5.41, 5.74) is 0.814. The average Bonchev–Trinajstić information content (AvgIpc) is 2.86. The van der Waals surface area contributed by atoms with Gasteiger partial charge in [-0.1, -0.05) is 11.6 Å². The second kappa shape index (κ2) is 3.04. The Morgan fingerprint density at radius 1 is 1.58 bits per heavy atom. The average molecular weight is 184 g/mol. The zero-order valence-electron chi connectivity index (χ0n) is 6.57. The van der Waals surface area contributed by atoms with Gasteiger partial charge in [0.25, 0.3) is 0 Å². The fourth-order valence-electron chi connectivity index (χ4n) is 1.29. The van der Waals surface area contributed by atoms with Gasteiger partial charge < -0.3 is 5.11 Å². The number of halogens is 1. The Morgan fingerprint density at radius 3 is 2.92 bits per heavy atom. The Bertz CT molecular complexity index is 286. The minimum absolute atomic E-state index is 0.388. The van der Waals surface area contributed by atoms with Crippen molar-refractivity contribution in [3.05, 3.63) is 29.0 Å². The summed E-state index contributed by atoms with van der Waals surface area (Å²) in [6.45, 7) is 0. The third-order valence-electron chi connectivity index (χ3n) is 2.19. The molecule has 1 saturated carbocycles. The first-order valence-corrected chi connectivity index (χ1v) is 4.44. The lowest BCUT2D eigenvalue weighted by Gasteiger charge is -2.09. The maximum Gasteiger partial charge on any atom is 0.0833 e. The number of hydrogen-bond donors (Lipinski definition) is 1. The molecular formula is C9H10ClNO. The van der Waals surface area contributed by atoms with Gasteiger partial charge in [0.2, 0.25) is 0 Å². The van der Waals surface area contributed by atoms with Crippen LogP contribution in [0, 0.1) is 5.92 Å². The molecule has 1 aliphatic rings. The molecule has 0 radical (unpaired) electrons. The molecule has 2 nitrogen and oxygen atoms in total. The molecule has 1 N–H and O–H groups in total. The molecule has 1 unspecified atom stereocenters. The van der Waals surface area contributed by atoms with Gasteiger partial charge >= 0.3 is 0 Å². The smallest absolute Gasteiger partial charge is 0.0833 e. The highest BCUT2D eigenvalue weighted by Gasteiger charge is 2.31. The van der Waals surface area contributed by atoms with Crippen LogP contribution < -0.4 is 0 Å². The lowest BCUT2D eigenvalue weighted by molar-refractivity contribution is 0.154. The molecule has 64 valence electrons. The number of aliphatic hydroxyl groups excluding tert-OH is 1. The van der Waals surface area contributed by atoms with Crippen LogP contribution in [0.5, 0.6) is 0 Å². The van der Waals surface area contributed by atoms with Crippen molar-refractivity contribution in [3.63, 3.8) is 0 Å². The van der Waals surface area contributed by atoms with Crippen molar-refractivity contribution in [2.24, 2.45) is 5.92 Å². The first kappa shape index (κ1) is 8.02. The van der Waals surface area contributed by atoms with E-state index in [2.05, 4.69) is 4.98 Å². The van der Waals surface area contributed by atoms with Crippen LogP contribution in [0.2, 0.25) is 5.02 Å². The predicted octanol–water partition coefficient (Wildman–Crippen LogP) is 2.18. The van der Waals surface area contributed by atoms with E-state index in [-0.39, 0.29) is 6.10 Å². The number of rotatable bonds is 2. The molecule has 1 aromatic heterocycles. The molecule has 0 aromatic carbocycles. The molecule has 1 fully saturated rings. The van der Waals surface area contributed by atoms with Crippen LogP contribution in [0.4, 0.5) is 0 Å². The van der Waals surface area contributed by atoms with Gasteiger partial charge in [-0.2, -0.15) is 0 Å². The number of pyridine rings is 1. The molecule has 1 aliphatic carbocycles. The second-order valence-corrected chi connectivity index (χ2v) is 3.59. The summed E-state index contributed by atoms with van der Waals surface area (Å²) in [6, 6.07) is 1.78. The third kappa shape index (κ3) is 1.45. The summed E-state index contributed by atoms with van der Waals surface area (Å²) >= 11 is 5.87. The first-order valence-electron chi connectivity index (χ1n) is 4.06. The van der Waals surface area contributed by atoms with Crippen molar-refractivity contribution < 1.29 is 5.11 Å². The van der Waals surface area contributed by atoms with Crippen LogP contribution in [-0.4, -0.2) is 10.1 Å². The minimum Gasteiger partial charge on any atom is -0.388 e. The fraction of sp³-hybridized carbons (Fsp3) is 0.444. The number of nitrogens with zero attached hydrogens (tertiary/aromatic N) is 1. The van der Waals surface area contributed by atoms with E-state index in [0.29, 0.717) is 10.9 Å². The second-order valence-electron chi connectivity index (χ2n) is 3.18. The van der Waals surface area contributed by atoms with Crippen molar-refractivity contribution in [1.29, 1.82) is 0 Å². The van der Waals surface area contributed by atoms with Gasteiger partial charge in [0, 0.05) is 18.0 Å². The summed E-state index contributed by atoms with van der Waals surface area (Å²) in [5, 5.41) is 10.3. The van der Waals surface area contributed by atoms with E-state index in [1.165, 1.54) is 0 Å². The van der Waals surface area contributed by atoms with Crippen molar-refractivity contribution >= 4 is 11.6 Å². The normalized spacial score (nSPS) is 19.2. The molecule has 0 bridgehead atoms. The minimum atomic E-state index is -0.388. The van der Waals surface area contributed by atoms with E-state index in [4.69, 9.17) is 11.6 Å². The summed E-state index contributed by atoms with van der Waals surface area (Å²) in [7, 11) is 0. The van der Waals surface area contributed by atoms with E-state index in [1.807, 2.05) is 0 Å². The van der Waals surface area contributed by atoms with Crippen LogP contribution in [0.3, 0.4) is 0 Å². The van der Waals surface area contributed by atoms with Gasteiger partial charge in [0.15, 0.2) is 0 Å². The summed E-state index contributed by atoms with van der Waals surface area (Å²) in [6.07, 6.45) is 5.06. The molecule has 0 aliphatic heterocycles. The highest BCUT2D eigenvalue weighted by atomic mass is 35.5. The molecule has 0 saturated heterocycles. The predicted molar refractivity (Wildman–Crippen MR) is 46.9 cm³/mol. The molecule has 1 atom stereocenters. The van der Waals surface area contributed by atoms with Gasteiger partial charge in [-0.15, -0.1) is 0 Å². The molecule has 3 heteroatoms. The summed E-state index contributed by atoms with van der Waals surface area (Å²) < 4.78 is 0. The summed E-state index contributed by atoms with van der Waals surface area (Å²) in [4.78, 5) is 3.86. The molecule has 0 amide bonds. The van der Waals surface area contributed by atoms with Crippen molar-refractivity contribution in [2.75, 3.05) is 0 Å². The standard InChI is InChI=1S/C9H10ClNO/c10-8-5-11-4-3-7(8)9(12)6-1-2-6/h3-6,9,12H,1-2H2. The lowest BCUT2D eigenvalue weighted by atomic mass is 10.1. The van der Waals surface area contributed by atoms with Crippen LogP contribution >= 0.6 is 11.6 Å². The Labute approximate surface area is 76.2 Å². The van der Waals surface area contributed by atoms with Crippen LogP contribution in [0.25, 0.3) is 0 Å². The Balaban J connectivity index is 2.25. The van der Waals surface area contributed by atoms with E-state index in [0.717, 1.165) is 18.4 Å². The van der Waals surface area contributed by atoms with Crippen molar-refractivity contribution in [3.8, 4) is 0 Å². The number of hydrogen-bond acceptors (Lipinski definition) is 2. The van der Waals surface area contributed by atoms with E-state index < -0.39 is 0 Å². The number of aliphatic hydroxyl groups is 1. The molecule has 2 rings (SSSR count). The quantitative estimate of drug-likeness (QED) is 0.763. The van der Waals surface area contributed by atoms with Crippen LogP contribution in [0.15, 0.2) is 18.5 Å². The Morgan fingerprint density at radius 2 is 2.33 bits per heavy atom. The molecule has 0 spiro atoms. The first-order chi connectivity index (χ1) is 5.79. The van der Waals surface area contributed by atoms with E-state index >= 15 is 0 Å². The van der Waals surface area contributed by atoms with Crippen molar-refractivity contribution in [1.82, 2.24) is 4.98 Å². The molecule has 12 heavy (non-hydrogen) atoms. The fourth-order valence-corrected chi connectivity index (χ4v) is 1.52. The van der Waals surface area contributed by atoms with E-state index in [9.17, 15) is 5.11 Å². The topological polar surface area (TPSA) is 33.1 Å². The summed E-state index contributed by atoms with van der Waals surface area (Å²) in [5.74, 6) is 0.421. The van der Waals surface area contributed by atoms with Crippen LogP contribution in [0.1, 0.15) is 24.5 Å². The molecule has 1 heterocycles. The van der Waals surface area contributed by atoms with Crippen LogP contribution in [-0.2, 0) is 0 Å².